The molecule has 2 heterocycles. The van der Waals surface area contributed by atoms with E-state index in [0.29, 0.717) is 43.7 Å². The van der Waals surface area contributed by atoms with Gasteiger partial charge in [0.15, 0.2) is 11.6 Å². The minimum absolute atomic E-state index is 0.0607. The number of aliphatic hydroxyl groups excluding tert-OH is 1. The van der Waals surface area contributed by atoms with Crippen LogP contribution in [-0.4, -0.2) is 71.9 Å². The maximum Gasteiger partial charge on any atom is 0.256 e. The van der Waals surface area contributed by atoms with Gasteiger partial charge in [-0.1, -0.05) is 12.1 Å². The van der Waals surface area contributed by atoms with E-state index >= 15 is 0 Å². The smallest absolute Gasteiger partial charge is 0.256 e. The van der Waals surface area contributed by atoms with Crippen LogP contribution in [0.2, 0.25) is 0 Å². The summed E-state index contributed by atoms with van der Waals surface area (Å²) in [6.07, 6.45) is 2.47. The number of rotatable bonds is 7. The van der Waals surface area contributed by atoms with E-state index in [4.69, 9.17) is 4.74 Å². The summed E-state index contributed by atoms with van der Waals surface area (Å²) in [6.45, 7) is 6.24. The van der Waals surface area contributed by atoms with Crippen LogP contribution in [0.3, 0.4) is 0 Å². The molecule has 196 valence electrons. The van der Waals surface area contributed by atoms with E-state index in [9.17, 15) is 23.1 Å². The Labute approximate surface area is 210 Å². The van der Waals surface area contributed by atoms with E-state index in [-0.39, 0.29) is 23.8 Å². The minimum Gasteiger partial charge on any atom is -0.490 e. The third-order valence-electron chi connectivity index (χ3n) is 6.93. The third kappa shape index (κ3) is 6.79. The maximum atomic E-state index is 14.8. The molecule has 5 nitrogen and oxygen atoms in total. The summed E-state index contributed by atoms with van der Waals surface area (Å²) in [7, 11) is 0. The van der Waals surface area contributed by atoms with Crippen LogP contribution in [-0.2, 0) is 0 Å². The Morgan fingerprint density at radius 1 is 1.03 bits per heavy atom. The molecule has 0 aliphatic carbocycles. The molecule has 2 aromatic rings. The van der Waals surface area contributed by atoms with Crippen LogP contribution in [0.15, 0.2) is 36.4 Å². The van der Waals surface area contributed by atoms with Gasteiger partial charge >= 0.3 is 0 Å². The van der Waals surface area contributed by atoms with E-state index in [1.807, 2.05) is 0 Å². The first-order chi connectivity index (χ1) is 17.1. The predicted octanol–water partition coefficient (Wildman–Crippen LogP) is 5.07. The van der Waals surface area contributed by atoms with Gasteiger partial charge in [0.05, 0.1) is 18.3 Å². The quantitative estimate of drug-likeness (QED) is 0.572. The van der Waals surface area contributed by atoms with E-state index < -0.39 is 29.3 Å². The Morgan fingerprint density at radius 3 is 2.31 bits per heavy atom. The van der Waals surface area contributed by atoms with Crippen molar-refractivity contribution in [2.24, 2.45) is 5.92 Å². The molecule has 2 fully saturated rings. The molecule has 2 aliphatic rings. The molecule has 0 bridgehead atoms. The van der Waals surface area contributed by atoms with E-state index in [0.717, 1.165) is 25.9 Å². The van der Waals surface area contributed by atoms with Crippen LogP contribution in [0.25, 0.3) is 11.1 Å². The topological polar surface area (TPSA) is 53.0 Å². The third-order valence-corrected chi connectivity index (χ3v) is 6.93. The van der Waals surface area contributed by atoms with Crippen LogP contribution in [0, 0.1) is 17.6 Å². The monoisotopic (exact) mass is 504 g/mol. The normalized spacial score (nSPS) is 19.9. The number of likely N-dealkylation sites (tertiary alicyclic amines) is 2. The number of hydrogen-bond acceptors (Lipinski definition) is 4. The highest BCUT2D eigenvalue weighted by Gasteiger charge is 2.27. The number of piperidine rings is 2. The lowest BCUT2D eigenvalue weighted by molar-refractivity contribution is 0.0470. The van der Waals surface area contributed by atoms with Crippen molar-refractivity contribution in [1.29, 1.82) is 0 Å². The zero-order valence-electron chi connectivity index (χ0n) is 21.0. The highest BCUT2D eigenvalue weighted by atomic mass is 19.1. The molecule has 0 saturated carbocycles. The molecular formula is C28H35F3N2O3. The zero-order valence-corrected chi connectivity index (χ0v) is 21.0. The first-order valence-corrected chi connectivity index (χ1v) is 12.7. The number of alkyl halides is 1. The molecule has 0 radical (unpaired) electrons. The Kier molecular flexibility index (Phi) is 8.25. The van der Waals surface area contributed by atoms with Gasteiger partial charge in [-0.3, -0.25) is 4.79 Å². The molecule has 2 aliphatic heterocycles. The largest absolute Gasteiger partial charge is 0.490 e. The van der Waals surface area contributed by atoms with Gasteiger partial charge in [0.25, 0.3) is 5.91 Å². The van der Waals surface area contributed by atoms with Crippen molar-refractivity contribution in [2.45, 2.75) is 51.3 Å². The predicted molar refractivity (Wildman–Crippen MR) is 133 cm³/mol. The van der Waals surface area contributed by atoms with Crippen LogP contribution < -0.4 is 4.74 Å². The van der Waals surface area contributed by atoms with Crippen LogP contribution in [0.4, 0.5) is 13.2 Å². The summed E-state index contributed by atoms with van der Waals surface area (Å²) in [5, 5.41) is 9.80. The number of aliphatic hydroxyl groups is 1. The number of carbonyl (C=O) groups is 1. The summed E-state index contributed by atoms with van der Waals surface area (Å²) < 4.78 is 49.2. The molecule has 4 rings (SSSR count). The van der Waals surface area contributed by atoms with Gasteiger partial charge in [-0.2, -0.15) is 0 Å². The van der Waals surface area contributed by atoms with Gasteiger partial charge in [-0.05, 0) is 93.9 Å². The van der Waals surface area contributed by atoms with Crippen molar-refractivity contribution in [2.75, 3.05) is 39.3 Å². The van der Waals surface area contributed by atoms with Gasteiger partial charge in [0.2, 0.25) is 0 Å². The second kappa shape index (κ2) is 11.2. The van der Waals surface area contributed by atoms with Gasteiger partial charge < -0.3 is 19.6 Å². The fourth-order valence-corrected chi connectivity index (χ4v) is 5.03. The molecule has 2 aromatic carbocycles. The van der Waals surface area contributed by atoms with Crippen molar-refractivity contribution in [3.05, 3.63) is 53.6 Å². The summed E-state index contributed by atoms with van der Waals surface area (Å²) in [5.74, 6) is -1.25. The fourth-order valence-electron chi connectivity index (χ4n) is 5.03. The zero-order chi connectivity index (χ0) is 25.9. The Hall–Kier alpha value is -2.58. The summed E-state index contributed by atoms with van der Waals surface area (Å²) >= 11 is 0. The standard InChI is InChI=1S/C28H35F3N2O3/c1-28(2,31)18-32-12-9-19(10-13-32)17-36-26-8-6-21(15-25(26)30)20-5-7-23(24(29)14-20)27(35)33-11-3-4-22(34)16-33/h5-8,14-15,19,22,34H,3-4,9-13,16-18H2,1-2H3/t22-/m1/s1. The van der Waals surface area contributed by atoms with Crippen LogP contribution in [0.5, 0.6) is 5.75 Å². The highest BCUT2D eigenvalue weighted by Crippen LogP contribution is 2.29. The lowest BCUT2D eigenvalue weighted by atomic mass is 9.96. The Balaban J connectivity index is 1.34. The first-order valence-electron chi connectivity index (χ1n) is 12.7. The molecule has 0 unspecified atom stereocenters. The second-order valence-electron chi connectivity index (χ2n) is 10.6. The summed E-state index contributed by atoms with van der Waals surface area (Å²) in [6, 6.07) is 8.75. The number of carbonyl (C=O) groups excluding carboxylic acids is 1. The number of amides is 1. The maximum absolute atomic E-state index is 14.8. The van der Waals surface area contributed by atoms with E-state index in [1.165, 1.54) is 29.2 Å². The Morgan fingerprint density at radius 2 is 1.69 bits per heavy atom. The van der Waals surface area contributed by atoms with Crippen molar-refractivity contribution in [3.63, 3.8) is 0 Å². The molecule has 36 heavy (non-hydrogen) atoms. The minimum atomic E-state index is -1.22. The fraction of sp³-hybridized carbons (Fsp3) is 0.536. The number of benzene rings is 2. The SMILES string of the molecule is CC(C)(F)CN1CCC(COc2ccc(-c3ccc(C(=O)N4CCC[C@@H](O)C4)c(F)c3)cc2F)CC1. The van der Waals surface area contributed by atoms with Crippen molar-refractivity contribution >= 4 is 5.91 Å². The molecule has 8 heteroatoms. The van der Waals surface area contributed by atoms with Crippen molar-refractivity contribution in [3.8, 4) is 16.9 Å². The van der Waals surface area contributed by atoms with Crippen LogP contribution in [0.1, 0.15) is 49.9 Å². The molecule has 0 spiro atoms. The van der Waals surface area contributed by atoms with Gasteiger partial charge in [0.1, 0.15) is 11.5 Å². The van der Waals surface area contributed by atoms with Gasteiger partial charge in [0, 0.05) is 19.6 Å². The molecular weight excluding hydrogens is 469 g/mol. The molecule has 2 saturated heterocycles. The lowest BCUT2D eigenvalue weighted by Crippen LogP contribution is -2.42. The lowest BCUT2D eigenvalue weighted by Gasteiger charge is -2.34. The highest BCUT2D eigenvalue weighted by molar-refractivity contribution is 5.95. The van der Waals surface area contributed by atoms with Crippen LogP contribution >= 0.6 is 0 Å². The molecule has 1 N–H and O–H groups in total. The van der Waals surface area contributed by atoms with Gasteiger partial charge in [-0.15, -0.1) is 0 Å². The van der Waals surface area contributed by atoms with E-state index in [2.05, 4.69) is 4.90 Å². The van der Waals surface area contributed by atoms with Crippen molar-refractivity contribution < 1.29 is 27.8 Å². The number of nitrogens with zero attached hydrogens (tertiary/aromatic N) is 2. The molecule has 1 atom stereocenters. The first kappa shape index (κ1) is 26.5. The average Bonchev–Trinajstić information content (AvgIpc) is 2.83. The van der Waals surface area contributed by atoms with Crippen molar-refractivity contribution in [1.82, 2.24) is 9.80 Å². The van der Waals surface area contributed by atoms with Gasteiger partial charge in [-0.25, -0.2) is 13.2 Å². The number of β-amino-alcohol motifs (C(OH)–C–C–N with tert-alkyl or cyclic N) is 1. The number of hydrogen-bond donors (Lipinski definition) is 1. The second-order valence-corrected chi connectivity index (χ2v) is 10.6. The molecule has 1 amide bonds. The average molecular weight is 505 g/mol. The molecule has 0 aromatic heterocycles. The number of halogens is 3. The number of ether oxygens (including phenoxy) is 1. The van der Waals surface area contributed by atoms with E-state index in [1.54, 1.807) is 26.0 Å². The summed E-state index contributed by atoms with van der Waals surface area (Å²) in [4.78, 5) is 16.2. The summed E-state index contributed by atoms with van der Waals surface area (Å²) in [5.41, 5.74) is -0.344. The Bertz CT molecular complexity index is 1060.